The summed E-state index contributed by atoms with van der Waals surface area (Å²) in [5, 5.41) is 10.3. The van der Waals surface area contributed by atoms with Crippen LogP contribution >= 0.6 is 0 Å². The molecule has 0 spiro atoms. The van der Waals surface area contributed by atoms with E-state index in [1.165, 1.54) is 10.9 Å². The monoisotopic (exact) mass is 259 g/mol. The van der Waals surface area contributed by atoms with Gasteiger partial charge in [0, 0.05) is 24.1 Å². The van der Waals surface area contributed by atoms with Crippen LogP contribution in [0.5, 0.6) is 0 Å². The van der Waals surface area contributed by atoms with E-state index in [-0.39, 0.29) is 12.3 Å². The molecule has 1 heterocycles. The van der Waals surface area contributed by atoms with Gasteiger partial charge in [0.05, 0.1) is 6.42 Å². The average molecular weight is 259 g/mol. The number of rotatable bonds is 4. The zero-order valence-electron chi connectivity index (χ0n) is 12.0. The molecule has 0 amide bonds. The van der Waals surface area contributed by atoms with E-state index in [4.69, 9.17) is 5.11 Å². The molecule has 0 aliphatic rings. The van der Waals surface area contributed by atoms with Crippen LogP contribution in [0.25, 0.3) is 10.9 Å². The SMILES string of the molecule is Cc1ccc2c(c1)c(C(CC(=O)O)C(C)C)cn2C. The summed E-state index contributed by atoms with van der Waals surface area (Å²) >= 11 is 0. The van der Waals surface area contributed by atoms with Crippen LogP contribution in [0.3, 0.4) is 0 Å². The maximum absolute atomic E-state index is 11.1. The average Bonchev–Trinajstić information content (AvgIpc) is 2.62. The van der Waals surface area contributed by atoms with Crippen LogP contribution in [-0.4, -0.2) is 15.6 Å². The van der Waals surface area contributed by atoms with Crippen molar-refractivity contribution < 1.29 is 9.90 Å². The molecule has 1 aromatic heterocycles. The Hall–Kier alpha value is -1.77. The van der Waals surface area contributed by atoms with Crippen molar-refractivity contribution in [1.82, 2.24) is 4.57 Å². The van der Waals surface area contributed by atoms with E-state index in [2.05, 4.69) is 49.7 Å². The number of aliphatic carboxylic acids is 1. The normalized spacial score (nSPS) is 13.1. The molecule has 1 N–H and O–H groups in total. The van der Waals surface area contributed by atoms with Gasteiger partial charge in [-0.25, -0.2) is 0 Å². The third-order valence-corrected chi connectivity index (χ3v) is 3.77. The first-order chi connectivity index (χ1) is 8.90. The van der Waals surface area contributed by atoms with E-state index in [9.17, 15) is 4.79 Å². The van der Waals surface area contributed by atoms with E-state index >= 15 is 0 Å². The van der Waals surface area contributed by atoms with Crippen molar-refractivity contribution in [2.24, 2.45) is 13.0 Å². The minimum Gasteiger partial charge on any atom is -0.481 e. The van der Waals surface area contributed by atoms with Gasteiger partial charge in [0.1, 0.15) is 0 Å². The number of carboxylic acids is 1. The van der Waals surface area contributed by atoms with Gasteiger partial charge in [0.15, 0.2) is 0 Å². The first kappa shape index (κ1) is 13.7. The second-order valence-electron chi connectivity index (χ2n) is 5.66. The summed E-state index contributed by atoms with van der Waals surface area (Å²) in [5.41, 5.74) is 3.52. The molecule has 102 valence electrons. The Kier molecular flexibility index (Phi) is 3.65. The van der Waals surface area contributed by atoms with E-state index in [0.717, 1.165) is 11.1 Å². The first-order valence-corrected chi connectivity index (χ1v) is 6.67. The molecule has 0 aliphatic heterocycles. The van der Waals surface area contributed by atoms with Crippen LogP contribution in [0, 0.1) is 12.8 Å². The Bertz CT molecular complexity index is 610. The number of aryl methyl sites for hydroxylation is 2. The van der Waals surface area contributed by atoms with Gasteiger partial charge in [-0.2, -0.15) is 0 Å². The molecular weight excluding hydrogens is 238 g/mol. The van der Waals surface area contributed by atoms with Crippen molar-refractivity contribution in [3.63, 3.8) is 0 Å². The van der Waals surface area contributed by atoms with Crippen molar-refractivity contribution in [1.29, 1.82) is 0 Å². The van der Waals surface area contributed by atoms with E-state index < -0.39 is 5.97 Å². The Balaban J connectivity index is 2.59. The van der Waals surface area contributed by atoms with Crippen LogP contribution in [-0.2, 0) is 11.8 Å². The minimum atomic E-state index is -0.733. The topological polar surface area (TPSA) is 42.2 Å². The van der Waals surface area contributed by atoms with Crippen molar-refractivity contribution in [2.45, 2.75) is 33.1 Å². The minimum absolute atomic E-state index is 0.0583. The second kappa shape index (κ2) is 5.08. The van der Waals surface area contributed by atoms with Crippen molar-refractivity contribution in [3.8, 4) is 0 Å². The Morgan fingerprint density at radius 1 is 1.37 bits per heavy atom. The van der Waals surface area contributed by atoms with Crippen LogP contribution in [0.2, 0.25) is 0 Å². The van der Waals surface area contributed by atoms with Gasteiger partial charge < -0.3 is 9.67 Å². The van der Waals surface area contributed by atoms with Crippen molar-refractivity contribution in [2.75, 3.05) is 0 Å². The van der Waals surface area contributed by atoms with Crippen LogP contribution in [0.1, 0.15) is 37.3 Å². The van der Waals surface area contributed by atoms with Crippen LogP contribution in [0.15, 0.2) is 24.4 Å². The quantitative estimate of drug-likeness (QED) is 0.909. The number of fused-ring (bicyclic) bond motifs is 1. The molecule has 1 aromatic carbocycles. The maximum atomic E-state index is 11.1. The van der Waals surface area contributed by atoms with Gasteiger partial charge in [-0.1, -0.05) is 25.5 Å². The molecule has 3 heteroatoms. The van der Waals surface area contributed by atoms with E-state index in [1.807, 2.05) is 7.05 Å². The number of carbonyl (C=O) groups is 1. The molecule has 0 saturated heterocycles. The number of nitrogens with zero attached hydrogens (tertiary/aromatic N) is 1. The smallest absolute Gasteiger partial charge is 0.303 e. The Morgan fingerprint density at radius 2 is 2.05 bits per heavy atom. The Morgan fingerprint density at radius 3 is 2.63 bits per heavy atom. The largest absolute Gasteiger partial charge is 0.481 e. The second-order valence-corrected chi connectivity index (χ2v) is 5.66. The van der Waals surface area contributed by atoms with Gasteiger partial charge >= 0.3 is 5.97 Å². The lowest BCUT2D eigenvalue weighted by atomic mass is 9.85. The number of hydrogen-bond donors (Lipinski definition) is 1. The summed E-state index contributed by atoms with van der Waals surface area (Å²) in [6.07, 6.45) is 2.27. The lowest BCUT2D eigenvalue weighted by molar-refractivity contribution is -0.137. The standard InChI is InChI=1S/C16H21NO2/c1-10(2)12(8-16(18)19)14-9-17(4)15-6-5-11(3)7-13(14)15/h5-7,9-10,12H,8H2,1-4H3,(H,18,19). The van der Waals surface area contributed by atoms with Gasteiger partial charge in [0.25, 0.3) is 0 Å². The summed E-state index contributed by atoms with van der Waals surface area (Å²) in [4.78, 5) is 11.1. The molecule has 19 heavy (non-hydrogen) atoms. The molecule has 0 radical (unpaired) electrons. The van der Waals surface area contributed by atoms with Crippen LogP contribution < -0.4 is 0 Å². The molecule has 2 aromatic rings. The highest BCUT2D eigenvalue weighted by Gasteiger charge is 2.23. The highest BCUT2D eigenvalue weighted by Crippen LogP contribution is 2.34. The van der Waals surface area contributed by atoms with Crippen molar-refractivity contribution in [3.05, 3.63) is 35.5 Å². The Labute approximate surface area is 113 Å². The summed E-state index contributed by atoms with van der Waals surface area (Å²) in [5.74, 6) is -0.367. The lowest BCUT2D eigenvalue weighted by Gasteiger charge is -2.18. The number of carboxylic acid groups (broad SMARTS) is 1. The van der Waals surface area contributed by atoms with Crippen molar-refractivity contribution >= 4 is 16.9 Å². The lowest BCUT2D eigenvalue weighted by Crippen LogP contribution is -2.11. The fourth-order valence-corrected chi connectivity index (χ4v) is 2.72. The van der Waals surface area contributed by atoms with Gasteiger partial charge in [-0.15, -0.1) is 0 Å². The fraction of sp³-hybridized carbons (Fsp3) is 0.438. The van der Waals surface area contributed by atoms with Crippen LogP contribution in [0.4, 0.5) is 0 Å². The molecule has 0 aliphatic carbocycles. The molecular formula is C16H21NO2. The van der Waals surface area contributed by atoms with E-state index in [0.29, 0.717) is 5.92 Å². The summed E-state index contributed by atoms with van der Waals surface area (Å²) in [7, 11) is 2.01. The van der Waals surface area contributed by atoms with Gasteiger partial charge in [-0.05, 0) is 36.5 Å². The highest BCUT2D eigenvalue weighted by atomic mass is 16.4. The maximum Gasteiger partial charge on any atom is 0.303 e. The summed E-state index contributed by atoms with van der Waals surface area (Å²) in [6.45, 7) is 6.24. The highest BCUT2D eigenvalue weighted by molar-refractivity contribution is 5.86. The number of benzene rings is 1. The fourth-order valence-electron chi connectivity index (χ4n) is 2.72. The molecule has 2 rings (SSSR count). The predicted octanol–water partition coefficient (Wildman–Crippen LogP) is 3.70. The van der Waals surface area contributed by atoms with Gasteiger partial charge in [0.2, 0.25) is 0 Å². The zero-order chi connectivity index (χ0) is 14.2. The summed E-state index contributed by atoms with van der Waals surface area (Å²) < 4.78 is 2.08. The molecule has 0 fully saturated rings. The molecule has 0 bridgehead atoms. The predicted molar refractivity (Wildman–Crippen MR) is 77.5 cm³/mol. The number of aromatic nitrogens is 1. The van der Waals surface area contributed by atoms with E-state index in [1.54, 1.807) is 0 Å². The number of hydrogen-bond acceptors (Lipinski definition) is 1. The summed E-state index contributed by atoms with van der Waals surface area (Å²) in [6, 6.07) is 6.35. The third kappa shape index (κ3) is 2.65. The third-order valence-electron chi connectivity index (χ3n) is 3.77. The molecule has 1 atom stereocenters. The molecule has 0 saturated carbocycles. The zero-order valence-corrected chi connectivity index (χ0v) is 12.0. The van der Waals surface area contributed by atoms with Gasteiger partial charge in [-0.3, -0.25) is 4.79 Å². The first-order valence-electron chi connectivity index (χ1n) is 6.67. The molecule has 3 nitrogen and oxygen atoms in total. The molecule has 1 unspecified atom stereocenters.